The van der Waals surface area contributed by atoms with Gasteiger partial charge in [-0.3, -0.25) is 4.79 Å². The number of nitrogens with zero attached hydrogens (tertiary/aromatic N) is 1. The average Bonchev–Trinajstić information content (AvgIpc) is 2.67. The summed E-state index contributed by atoms with van der Waals surface area (Å²) in [7, 11) is 0. The number of hydrogen-bond acceptors (Lipinski definition) is 3. The van der Waals surface area contributed by atoms with Crippen molar-refractivity contribution in [1.82, 2.24) is 10.2 Å². The SMILES string of the molecule is CCNC1CCN(CC2(O)CCC(C)CC2)C1=O. The smallest absolute Gasteiger partial charge is 0.239 e. The van der Waals surface area contributed by atoms with E-state index in [-0.39, 0.29) is 11.9 Å². The first-order chi connectivity index (χ1) is 8.54. The number of likely N-dealkylation sites (tertiary alicyclic amines) is 1. The molecule has 1 unspecified atom stereocenters. The van der Waals surface area contributed by atoms with Crippen molar-refractivity contribution in [3.8, 4) is 0 Å². The van der Waals surface area contributed by atoms with Gasteiger partial charge < -0.3 is 15.3 Å². The molecule has 1 aliphatic heterocycles. The summed E-state index contributed by atoms with van der Waals surface area (Å²) in [5.41, 5.74) is -0.636. The Morgan fingerprint density at radius 3 is 2.67 bits per heavy atom. The van der Waals surface area contributed by atoms with E-state index in [1.54, 1.807) is 0 Å². The van der Waals surface area contributed by atoms with E-state index in [4.69, 9.17) is 0 Å². The summed E-state index contributed by atoms with van der Waals surface area (Å²) in [5.74, 6) is 0.887. The molecule has 1 saturated carbocycles. The number of likely N-dealkylation sites (N-methyl/N-ethyl adjacent to an activating group) is 1. The molecule has 2 rings (SSSR count). The molecule has 4 heteroatoms. The van der Waals surface area contributed by atoms with Crippen LogP contribution in [0.1, 0.15) is 46.0 Å². The highest BCUT2D eigenvalue weighted by atomic mass is 16.3. The molecular weight excluding hydrogens is 228 g/mol. The molecule has 4 nitrogen and oxygen atoms in total. The van der Waals surface area contributed by atoms with E-state index in [9.17, 15) is 9.90 Å². The van der Waals surface area contributed by atoms with Gasteiger partial charge in [0.2, 0.25) is 5.91 Å². The monoisotopic (exact) mass is 254 g/mol. The van der Waals surface area contributed by atoms with Crippen molar-refractivity contribution < 1.29 is 9.90 Å². The first kappa shape index (κ1) is 13.8. The third kappa shape index (κ3) is 3.04. The Morgan fingerprint density at radius 1 is 1.39 bits per heavy atom. The molecular formula is C14H26N2O2. The topological polar surface area (TPSA) is 52.6 Å². The zero-order valence-electron chi connectivity index (χ0n) is 11.6. The first-order valence-corrected chi connectivity index (χ1v) is 7.28. The first-order valence-electron chi connectivity index (χ1n) is 7.28. The number of amides is 1. The van der Waals surface area contributed by atoms with Crippen LogP contribution in [-0.4, -0.2) is 47.2 Å². The lowest BCUT2D eigenvalue weighted by atomic mass is 9.79. The van der Waals surface area contributed by atoms with Crippen molar-refractivity contribution in [2.75, 3.05) is 19.6 Å². The Morgan fingerprint density at radius 2 is 2.06 bits per heavy atom. The van der Waals surface area contributed by atoms with Crippen molar-refractivity contribution in [3.05, 3.63) is 0 Å². The minimum absolute atomic E-state index is 0.0267. The molecule has 18 heavy (non-hydrogen) atoms. The summed E-state index contributed by atoms with van der Waals surface area (Å²) in [6.07, 6.45) is 4.71. The van der Waals surface area contributed by atoms with Gasteiger partial charge in [-0.1, -0.05) is 13.8 Å². The number of rotatable bonds is 4. The van der Waals surface area contributed by atoms with Crippen molar-refractivity contribution in [3.63, 3.8) is 0 Å². The normalized spacial score (nSPS) is 37.3. The van der Waals surface area contributed by atoms with Crippen LogP contribution >= 0.6 is 0 Å². The molecule has 1 saturated heterocycles. The van der Waals surface area contributed by atoms with Crippen LogP contribution in [0.2, 0.25) is 0 Å². The predicted octanol–water partition coefficient (Wildman–Crippen LogP) is 1.14. The van der Waals surface area contributed by atoms with Crippen LogP contribution in [0.3, 0.4) is 0 Å². The zero-order valence-corrected chi connectivity index (χ0v) is 11.6. The standard InChI is InChI=1S/C14H26N2O2/c1-3-15-12-6-9-16(13(12)17)10-14(18)7-4-11(2)5-8-14/h11-12,15,18H,3-10H2,1-2H3. The van der Waals surface area contributed by atoms with Gasteiger partial charge in [0, 0.05) is 13.1 Å². The van der Waals surface area contributed by atoms with Crippen LogP contribution in [0, 0.1) is 5.92 Å². The minimum Gasteiger partial charge on any atom is -0.388 e. The second-order valence-corrected chi connectivity index (χ2v) is 6.07. The summed E-state index contributed by atoms with van der Waals surface area (Å²) in [5, 5.41) is 13.8. The molecule has 1 amide bonds. The highest BCUT2D eigenvalue weighted by Crippen LogP contribution is 2.33. The fourth-order valence-corrected chi connectivity index (χ4v) is 3.14. The van der Waals surface area contributed by atoms with Crippen LogP contribution in [-0.2, 0) is 4.79 Å². The number of carbonyl (C=O) groups excluding carboxylic acids is 1. The maximum atomic E-state index is 12.1. The quantitative estimate of drug-likeness (QED) is 0.791. The molecule has 0 bridgehead atoms. The molecule has 1 atom stereocenters. The van der Waals surface area contributed by atoms with Crippen LogP contribution in [0.4, 0.5) is 0 Å². The summed E-state index contributed by atoms with van der Waals surface area (Å²) < 4.78 is 0. The third-order valence-electron chi connectivity index (χ3n) is 4.44. The maximum Gasteiger partial charge on any atom is 0.239 e. The summed E-state index contributed by atoms with van der Waals surface area (Å²) in [4.78, 5) is 14.0. The summed E-state index contributed by atoms with van der Waals surface area (Å²) in [6, 6.07) is -0.0267. The van der Waals surface area contributed by atoms with Gasteiger partial charge in [0.25, 0.3) is 0 Å². The van der Waals surface area contributed by atoms with E-state index >= 15 is 0 Å². The molecule has 0 aromatic carbocycles. The Labute approximate surface area is 110 Å². The Kier molecular flexibility index (Phi) is 4.28. The lowest BCUT2D eigenvalue weighted by molar-refractivity contribution is -0.133. The van der Waals surface area contributed by atoms with Gasteiger partial charge in [0.05, 0.1) is 11.6 Å². The minimum atomic E-state index is -0.636. The van der Waals surface area contributed by atoms with Gasteiger partial charge in [-0.05, 0) is 44.6 Å². The van der Waals surface area contributed by atoms with Crippen molar-refractivity contribution >= 4 is 5.91 Å². The third-order valence-corrected chi connectivity index (χ3v) is 4.44. The number of hydrogen-bond donors (Lipinski definition) is 2. The van der Waals surface area contributed by atoms with E-state index in [1.165, 1.54) is 0 Å². The van der Waals surface area contributed by atoms with Gasteiger partial charge in [-0.15, -0.1) is 0 Å². The van der Waals surface area contributed by atoms with Gasteiger partial charge in [0.15, 0.2) is 0 Å². The maximum absolute atomic E-state index is 12.1. The predicted molar refractivity (Wildman–Crippen MR) is 71.2 cm³/mol. The Bertz CT molecular complexity index is 298. The molecule has 1 heterocycles. The number of β-amino-alcohol motifs (C(OH)–C–C–N with tert-alkyl or cyclic N) is 1. The van der Waals surface area contributed by atoms with Crippen molar-refractivity contribution in [2.24, 2.45) is 5.92 Å². The zero-order chi connectivity index (χ0) is 13.2. The van der Waals surface area contributed by atoms with E-state index in [0.29, 0.717) is 12.5 Å². The van der Waals surface area contributed by atoms with Crippen LogP contribution in [0.15, 0.2) is 0 Å². The second kappa shape index (κ2) is 5.57. The Balaban J connectivity index is 1.88. The van der Waals surface area contributed by atoms with Crippen molar-refractivity contribution in [2.45, 2.75) is 57.6 Å². The van der Waals surface area contributed by atoms with Gasteiger partial charge in [-0.25, -0.2) is 0 Å². The highest BCUT2D eigenvalue weighted by Gasteiger charge is 2.38. The molecule has 0 spiro atoms. The van der Waals surface area contributed by atoms with Gasteiger partial charge in [0.1, 0.15) is 0 Å². The van der Waals surface area contributed by atoms with Crippen LogP contribution < -0.4 is 5.32 Å². The second-order valence-electron chi connectivity index (χ2n) is 6.07. The molecule has 0 radical (unpaired) electrons. The number of aliphatic hydroxyl groups is 1. The highest BCUT2D eigenvalue weighted by molar-refractivity contribution is 5.84. The largest absolute Gasteiger partial charge is 0.388 e. The fourth-order valence-electron chi connectivity index (χ4n) is 3.14. The van der Waals surface area contributed by atoms with Gasteiger partial charge in [-0.2, -0.15) is 0 Å². The Hall–Kier alpha value is -0.610. The van der Waals surface area contributed by atoms with Crippen LogP contribution in [0.25, 0.3) is 0 Å². The average molecular weight is 254 g/mol. The van der Waals surface area contributed by atoms with E-state index in [0.717, 1.165) is 45.2 Å². The number of nitrogens with one attached hydrogen (secondary N) is 1. The molecule has 2 aliphatic rings. The van der Waals surface area contributed by atoms with Gasteiger partial charge >= 0.3 is 0 Å². The summed E-state index contributed by atoms with van der Waals surface area (Å²) >= 11 is 0. The van der Waals surface area contributed by atoms with E-state index < -0.39 is 5.60 Å². The molecule has 0 aromatic rings. The fraction of sp³-hybridized carbons (Fsp3) is 0.929. The molecule has 1 aliphatic carbocycles. The summed E-state index contributed by atoms with van der Waals surface area (Å²) in [6.45, 7) is 6.40. The van der Waals surface area contributed by atoms with E-state index in [1.807, 2.05) is 11.8 Å². The van der Waals surface area contributed by atoms with Crippen molar-refractivity contribution in [1.29, 1.82) is 0 Å². The van der Waals surface area contributed by atoms with Crippen LogP contribution in [0.5, 0.6) is 0 Å². The molecule has 0 aromatic heterocycles. The molecule has 2 fully saturated rings. The molecule has 104 valence electrons. The number of carbonyl (C=O) groups is 1. The van der Waals surface area contributed by atoms with E-state index in [2.05, 4.69) is 12.2 Å². The lowest BCUT2D eigenvalue weighted by Crippen LogP contribution is -2.48. The lowest BCUT2D eigenvalue weighted by Gasteiger charge is -2.37. The molecule has 2 N–H and O–H groups in total.